The van der Waals surface area contributed by atoms with Gasteiger partial charge in [0.25, 0.3) is 0 Å². The minimum atomic E-state index is -4.58. The molecule has 3 nitrogen and oxygen atoms in total. The van der Waals surface area contributed by atoms with Gasteiger partial charge in [-0.3, -0.25) is 5.32 Å². The fraction of sp³-hybridized carbons (Fsp3) is 0.357. The fourth-order valence-electron chi connectivity index (χ4n) is 1.88. The van der Waals surface area contributed by atoms with E-state index in [1.54, 1.807) is 0 Å². The molecule has 0 bridgehead atoms. The molecule has 0 amide bonds. The summed E-state index contributed by atoms with van der Waals surface area (Å²) in [6.07, 6.45) is 0.513. The number of rotatable bonds is 4. The van der Waals surface area contributed by atoms with E-state index in [4.69, 9.17) is 6.42 Å². The van der Waals surface area contributed by atoms with Crippen molar-refractivity contribution in [3.05, 3.63) is 35.4 Å². The Balaban J connectivity index is 3.43. The monoisotopic (exact) mass is 285 g/mol. The molecule has 0 saturated heterocycles. The predicted octanol–water partition coefficient (Wildman–Crippen LogP) is 2.32. The molecule has 6 heteroatoms. The molecule has 1 aromatic rings. The number of esters is 1. The average molecular weight is 285 g/mol. The lowest BCUT2D eigenvalue weighted by Gasteiger charge is -2.30. The van der Waals surface area contributed by atoms with E-state index < -0.39 is 23.2 Å². The Morgan fingerprint density at radius 2 is 1.90 bits per heavy atom. The van der Waals surface area contributed by atoms with E-state index in [-0.39, 0.29) is 12.1 Å². The van der Waals surface area contributed by atoms with E-state index in [1.165, 1.54) is 25.1 Å². The molecule has 1 aromatic carbocycles. The maximum absolute atomic E-state index is 13.0. The Labute approximate surface area is 115 Å². The van der Waals surface area contributed by atoms with Crippen LogP contribution in [0.4, 0.5) is 13.2 Å². The highest BCUT2D eigenvalue weighted by molar-refractivity contribution is 5.82. The van der Waals surface area contributed by atoms with Crippen LogP contribution in [0.15, 0.2) is 24.3 Å². The van der Waals surface area contributed by atoms with Crippen LogP contribution in [0.25, 0.3) is 0 Å². The van der Waals surface area contributed by atoms with E-state index in [0.717, 1.165) is 13.2 Å². The van der Waals surface area contributed by atoms with Crippen LogP contribution in [0.3, 0.4) is 0 Å². The normalized spacial score (nSPS) is 14.2. The zero-order valence-electron chi connectivity index (χ0n) is 11.0. The number of nitrogens with one attached hydrogen (secondary N) is 1. The predicted molar refractivity (Wildman–Crippen MR) is 67.6 cm³/mol. The van der Waals surface area contributed by atoms with Crippen molar-refractivity contribution in [3.63, 3.8) is 0 Å². The second kappa shape index (κ2) is 5.97. The van der Waals surface area contributed by atoms with Crippen LogP contribution in [0.2, 0.25) is 0 Å². The number of hydrogen-bond acceptors (Lipinski definition) is 3. The van der Waals surface area contributed by atoms with Gasteiger partial charge < -0.3 is 4.74 Å². The molecule has 0 aromatic heterocycles. The summed E-state index contributed by atoms with van der Waals surface area (Å²) < 4.78 is 43.7. The van der Waals surface area contributed by atoms with E-state index in [1.807, 2.05) is 0 Å². The van der Waals surface area contributed by atoms with Crippen molar-refractivity contribution in [2.45, 2.75) is 18.6 Å². The number of hydrogen-bond donors (Lipinski definition) is 1. The summed E-state index contributed by atoms with van der Waals surface area (Å²) in [6.45, 7) is 1.23. The number of terminal acetylenes is 1. The molecule has 1 unspecified atom stereocenters. The van der Waals surface area contributed by atoms with Crippen LogP contribution < -0.4 is 5.32 Å². The Kier molecular flexibility index (Phi) is 4.79. The number of ether oxygens (including phenoxy) is 1. The van der Waals surface area contributed by atoms with Gasteiger partial charge in [0, 0.05) is 0 Å². The summed E-state index contributed by atoms with van der Waals surface area (Å²) in [5.74, 6) is 1.39. The summed E-state index contributed by atoms with van der Waals surface area (Å²) in [6, 6.07) is 4.81. The van der Waals surface area contributed by atoms with Gasteiger partial charge in [-0.2, -0.15) is 13.2 Å². The quantitative estimate of drug-likeness (QED) is 0.681. The molecule has 0 fully saturated rings. The minimum Gasteiger partial charge on any atom is -0.467 e. The highest BCUT2D eigenvalue weighted by Gasteiger charge is 2.43. The molecule has 1 N–H and O–H groups in total. The van der Waals surface area contributed by atoms with Gasteiger partial charge >= 0.3 is 12.1 Å². The van der Waals surface area contributed by atoms with Crippen molar-refractivity contribution in [2.24, 2.45) is 0 Å². The molecule has 0 heterocycles. The molecule has 0 aliphatic carbocycles. The molecular weight excluding hydrogens is 271 g/mol. The van der Waals surface area contributed by atoms with Gasteiger partial charge in [-0.1, -0.05) is 24.1 Å². The molecule has 0 saturated carbocycles. The maximum atomic E-state index is 13.0. The van der Waals surface area contributed by atoms with Crippen molar-refractivity contribution >= 4 is 5.97 Å². The Morgan fingerprint density at radius 1 is 1.35 bits per heavy atom. The number of halogens is 3. The first-order chi connectivity index (χ1) is 9.27. The summed E-state index contributed by atoms with van der Waals surface area (Å²) in [7, 11) is 1.11. The Hall–Kier alpha value is -2.00. The van der Waals surface area contributed by atoms with E-state index in [2.05, 4.69) is 16.0 Å². The van der Waals surface area contributed by atoms with Crippen LogP contribution in [-0.4, -0.2) is 19.6 Å². The number of carbonyl (C=O) groups is 1. The van der Waals surface area contributed by atoms with Gasteiger partial charge in [0.2, 0.25) is 0 Å². The average Bonchev–Trinajstić information content (AvgIpc) is 2.42. The molecule has 1 atom stereocenters. The van der Waals surface area contributed by atoms with E-state index in [0.29, 0.717) is 0 Å². The van der Waals surface area contributed by atoms with Gasteiger partial charge in [-0.25, -0.2) is 4.79 Å². The first-order valence-corrected chi connectivity index (χ1v) is 5.71. The standard InChI is InChI=1S/C14H14F3NO2/c1-4-9-18-13(2,12(19)20-3)10-7-5-6-8-11(10)14(15,16)17/h1,5-8,18H,9H2,2-3H3. The molecule has 0 radical (unpaired) electrons. The third-order valence-electron chi connectivity index (χ3n) is 2.91. The Bertz CT molecular complexity index is 534. The Morgan fingerprint density at radius 3 is 2.35 bits per heavy atom. The number of benzene rings is 1. The van der Waals surface area contributed by atoms with Gasteiger partial charge in [-0.05, 0) is 18.6 Å². The highest BCUT2D eigenvalue weighted by atomic mass is 19.4. The molecule has 0 aliphatic rings. The lowest BCUT2D eigenvalue weighted by Crippen LogP contribution is -2.48. The summed E-state index contributed by atoms with van der Waals surface area (Å²) in [5, 5.41) is 2.61. The molecule has 0 aliphatic heterocycles. The number of alkyl halides is 3. The van der Waals surface area contributed by atoms with Gasteiger partial charge in [0.1, 0.15) is 5.54 Å². The highest BCUT2D eigenvalue weighted by Crippen LogP contribution is 2.37. The molecule has 1 rings (SSSR count). The van der Waals surface area contributed by atoms with Crippen molar-refractivity contribution < 1.29 is 22.7 Å². The number of carbonyl (C=O) groups excluding carboxylic acids is 1. The zero-order chi connectivity index (χ0) is 15.4. The lowest BCUT2D eigenvalue weighted by molar-refractivity contribution is -0.150. The fourth-order valence-corrected chi connectivity index (χ4v) is 1.88. The molecular formula is C14H14F3NO2. The molecule has 0 spiro atoms. The number of methoxy groups -OCH3 is 1. The zero-order valence-corrected chi connectivity index (χ0v) is 11.0. The summed E-state index contributed by atoms with van der Waals surface area (Å²) >= 11 is 0. The first kappa shape index (κ1) is 16.1. The summed E-state index contributed by atoms with van der Waals surface area (Å²) in [4.78, 5) is 11.9. The third kappa shape index (κ3) is 3.11. The summed E-state index contributed by atoms with van der Waals surface area (Å²) in [5.41, 5.74) is -2.81. The van der Waals surface area contributed by atoms with E-state index >= 15 is 0 Å². The lowest BCUT2D eigenvalue weighted by atomic mass is 9.87. The van der Waals surface area contributed by atoms with Crippen LogP contribution in [0.5, 0.6) is 0 Å². The first-order valence-electron chi connectivity index (χ1n) is 5.71. The second-order valence-electron chi connectivity index (χ2n) is 4.22. The van der Waals surface area contributed by atoms with Crippen molar-refractivity contribution in [1.82, 2.24) is 5.32 Å². The SMILES string of the molecule is C#CCNC(C)(C(=O)OC)c1ccccc1C(F)(F)F. The van der Waals surface area contributed by atoms with Crippen molar-refractivity contribution in [1.29, 1.82) is 0 Å². The van der Waals surface area contributed by atoms with E-state index in [9.17, 15) is 18.0 Å². The maximum Gasteiger partial charge on any atom is 0.416 e. The largest absolute Gasteiger partial charge is 0.467 e. The molecule has 108 valence electrons. The van der Waals surface area contributed by atoms with Crippen LogP contribution in [0.1, 0.15) is 18.1 Å². The van der Waals surface area contributed by atoms with Gasteiger partial charge in [0.05, 0.1) is 19.2 Å². The minimum absolute atomic E-state index is 0.0716. The van der Waals surface area contributed by atoms with Crippen LogP contribution in [-0.2, 0) is 21.2 Å². The van der Waals surface area contributed by atoms with Crippen LogP contribution >= 0.6 is 0 Å². The smallest absolute Gasteiger partial charge is 0.416 e. The van der Waals surface area contributed by atoms with Crippen molar-refractivity contribution in [3.8, 4) is 12.3 Å². The van der Waals surface area contributed by atoms with Crippen molar-refractivity contribution in [2.75, 3.05) is 13.7 Å². The second-order valence-corrected chi connectivity index (χ2v) is 4.22. The van der Waals surface area contributed by atoms with Gasteiger partial charge in [-0.15, -0.1) is 6.42 Å². The third-order valence-corrected chi connectivity index (χ3v) is 2.91. The van der Waals surface area contributed by atoms with Gasteiger partial charge in [0.15, 0.2) is 0 Å². The topological polar surface area (TPSA) is 38.3 Å². The molecule has 20 heavy (non-hydrogen) atoms. The van der Waals surface area contributed by atoms with Crippen LogP contribution in [0, 0.1) is 12.3 Å².